The zero-order valence-electron chi connectivity index (χ0n) is 9.08. The normalized spacial score (nSPS) is 10.6. The van der Waals surface area contributed by atoms with Gasteiger partial charge in [-0.25, -0.2) is 0 Å². The Hall–Kier alpha value is -1.93. The molecule has 2 rings (SSSR count). The molecular formula is C9H7ClN4O3S. The number of anilines is 1. The van der Waals surface area contributed by atoms with E-state index in [0.29, 0.717) is 11.4 Å². The van der Waals surface area contributed by atoms with Crippen molar-refractivity contribution in [2.45, 2.75) is 6.92 Å². The first-order valence-electron chi connectivity index (χ1n) is 4.70. The van der Waals surface area contributed by atoms with Gasteiger partial charge >= 0.3 is 0 Å². The highest BCUT2D eigenvalue weighted by atomic mass is 35.5. The van der Waals surface area contributed by atoms with Gasteiger partial charge in [0.1, 0.15) is 4.88 Å². The fraction of sp³-hybridized carbons (Fsp3) is 0.111. The Kier molecular flexibility index (Phi) is 3.05. The highest BCUT2D eigenvalue weighted by Crippen LogP contribution is 2.34. The quantitative estimate of drug-likeness (QED) is 0.672. The zero-order valence-corrected chi connectivity index (χ0v) is 10.7. The van der Waals surface area contributed by atoms with E-state index in [0.717, 1.165) is 22.1 Å². The maximum absolute atomic E-state index is 12.0. The lowest BCUT2D eigenvalue weighted by Gasteiger charge is -1.99. The number of nitrogen functional groups attached to an aromatic ring is 1. The fourth-order valence-electron chi connectivity index (χ4n) is 1.32. The molecule has 0 bridgehead atoms. The van der Waals surface area contributed by atoms with Crippen molar-refractivity contribution in [2.24, 2.45) is 0 Å². The smallest absolute Gasteiger partial charge is 0.299 e. The van der Waals surface area contributed by atoms with E-state index in [1.54, 1.807) is 6.92 Å². The topological polar surface area (TPSA) is 104 Å². The van der Waals surface area contributed by atoms with Crippen LogP contribution in [0.15, 0.2) is 12.3 Å². The van der Waals surface area contributed by atoms with Gasteiger partial charge in [0.15, 0.2) is 4.34 Å². The van der Waals surface area contributed by atoms with Crippen LogP contribution in [0.25, 0.3) is 0 Å². The summed E-state index contributed by atoms with van der Waals surface area (Å²) in [7, 11) is 0. The first kappa shape index (κ1) is 12.5. The number of nitrogens with zero attached hydrogens (tertiary/aromatic N) is 3. The molecular weight excluding hydrogens is 280 g/mol. The van der Waals surface area contributed by atoms with Gasteiger partial charge in [0.2, 0.25) is 0 Å². The van der Waals surface area contributed by atoms with Gasteiger partial charge < -0.3 is 5.73 Å². The number of thiophene rings is 1. The minimum absolute atomic E-state index is 0.0406. The lowest BCUT2D eigenvalue weighted by atomic mass is 10.4. The van der Waals surface area contributed by atoms with Gasteiger partial charge in [-0.3, -0.25) is 14.9 Å². The average Bonchev–Trinajstić information content (AvgIpc) is 2.84. The third-order valence-corrected chi connectivity index (χ3v) is 3.64. The first-order chi connectivity index (χ1) is 8.41. The highest BCUT2D eigenvalue weighted by molar-refractivity contribution is 7.18. The number of hydrogen-bond acceptors (Lipinski definition) is 6. The van der Waals surface area contributed by atoms with Gasteiger partial charge in [-0.15, -0.1) is 11.3 Å². The highest BCUT2D eigenvalue weighted by Gasteiger charge is 2.23. The molecule has 2 aromatic rings. The molecule has 2 N–H and O–H groups in total. The molecule has 0 atom stereocenters. The van der Waals surface area contributed by atoms with Crippen LogP contribution in [-0.4, -0.2) is 20.6 Å². The molecule has 0 aliphatic rings. The van der Waals surface area contributed by atoms with Crippen molar-refractivity contribution in [1.82, 2.24) is 9.78 Å². The lowest BCUT2D eigenvalue weighted by molar-refractivity contribution is -0.384. The molecule has 0 aliphatic heterocycles. The molecule has 0 unspecified atom stereocenters. The summed E-state index contributed by atoms with van der Waals surface area (Å²) in [5, 5.41) is 14.5. The van der Waals surface area contributed by atoms with Crippen LogP contribution in [0.1, 0.15) is 15.4 Å². The molecule has 0 fully saturated rings. The number of nitrogens with two attached hydrogens (primary N) is 1. The van der Waals surface area contributed by atoms with Gasteiger partial charge in [-0.1, -0.05) is 11.6 Å². The van der Waals surface area contributed by atoms with Crippen molar-refractivity contribution in [3.63, 3.8) is 0 Å². The summed E-state index contributed by atoms with van der Waals surface area (Å²) in [6.45, 7) is 1.63. The molecule has 9 heteroatoms. The summed E-state index contributed by atoms with van der Waals surface area (Å²) < 4.78 is 1.04. The Bertz CT molecular complexity index is 648. The monoisotopic (exact) mass is 286 g/mol. The van der Waals surface area contributed by atoms with Gasteiger partial charge in [-0.2, -0.15) is 9.78 Å². The predicted molar refractivity (Wildman–Crippen MR) is 67.1 cm³/mol. The minimum Gasteiger partial charge on any atom is -0.396 e. The summed E-state index contributed by atoms with van der Waals surface area (Å²) in [6, 6.07) is 1.13. The molecule has 0 saturated carbocycles. The molecule has 7 nitrogen and oxygen atoms in total. The van der Waals surface area contributed by atoms with Gasteiger partial charge in [0.25, 0.3) is 11.6 Å². The van der Waals surface area contributed by atoms with Crippen LogP contribution < -0.4 is 5.73 Å². The fourth-order valence-corrected chi connectivity index (χ4v) is 2.47. The molecule has 2 aromatic heterocycles. The maximum Gasteiger partial charge on any atom is 0.299 e. The number of hydrogen-bond donors (Lipinski definition) is 1. The van der Waals surface area contributed by atoms with Crippen LogP contribution in [0.2, 0.25) is 4.34 Å². The van der Waals surface area contributed by atoms with Crippen LogP contribution in [0.5, 0.6) is 0 Å². The summed E-state index contributed by atoms with van der Waals surface area (Å²) in [4.78, 5) is 22.2. The van der Waals surface area contributed by atoms with Crippen LogP contribution in [-0.2, 0) is 0 Å². The Labute approximate surface area is 110 Å². The van der Waals surface area contributed by atoms with Crippen LogP contribution in [0.3, 0.4) is 0 Å². The standard InChI is InChI=1S/C9H7ClN4O3S/c1-4-5(11)3-12-13(4)9(15)7-2-6(14(16)17)8(10)18-7/h2-3H,11H2,1H3. The number of rotatable bonds is 2. The van der Waals surface area contributed by atoms with E-state index in [9.17, 15) is 14.9 Å². The van der Waals surface area contributed by atoms with E-state index < -0.39 is 10.8 Å². The maximum atomic E-state index is 12.0. The molecule has 2 heterocycles. The van der Waals surface area contributed by atoms with E-state index in [4.69, 9.17) is 17.3 Å². The molecule has 94 valence electrons. The van der Waals surface area contributed by atoms with Crippen molar-refractivity contribution < 1.29 is 9.72 Å². The largest absolute Gasteiger partial charge is 0.396 e. The molecule has 0 aromatic carbocycles. The second-order valence-electron chi connectivity index (χ2n) is 3.43. The van der Waals surface area contributed by atoms with E-state index in [1.807, 2.05) is 0 Å². The molecule has 0 saturated heterocycles. The SMILES string of the molecule is Cc1c(N)cnn1C(=O)c1cc([N+](=O)[O-])c(Cl)s1. The van der Waals surface area contributed by atoms with Crippen LogP contribution in [0.4, 0.5) is 11.4 Å². The third kappa shape index (κ3) is 1.95. The molecule has 0 radical (unpaired) electrons. The molecule has 0 aliphatic carbocycles. The Morgan fingerprint density at radius 1 is 1.67 bits per heavy atom. The van der Waals surface area contributed by atoms with E-state index >= 15 is 0 Å². The van der Waals surface area contributed by atoms with E-state index in [1.165, 1.54) is 6.20 Å². The second-order valence-corrected chi connectivity index (χ2v) is 5.08. The Balaban J connectivity index is 2.44. The number of carbonyl (C=O) groups is 1. The summed E-state index contributed by atoms with van der Waals surface area (Å²) in [6.07, 6.45) is 1.34. The van der Waals surface area contributed by atoms with Gasteiger partial charge in [0.05, 0.1) is 22.5 Å². The van der Waals surface area contributed by atoms with E-state index in [-0.39, 0.29) is 14.9 Å². The second kappa shape index (κ2) is 4.39. The number of carbonyl (C=O) groups excluding carboxylic acids is 1. The van der Waals surface area contributed by atoms with Crippen molar-refractivity contribution >= 4 is 40.2 Å². The van der Waals surface area contributed by atoms with Crippen molar-refractivity contribution in [1.29, 1.82) is 0 Å². The Morgan fingerprint density at radius 2 is 2.33 bits per heavy atom. The number of halogens is 1. The predicted octanol–water partition coefficient (Wildman–Crippen LogP) is 2.09. The number of nitro groups is 1. The zero-order chi connectivity index (χ0) is 13.4. The average molecular weight is 287 g/mol. The van der Waals surface area contributed by atoms with Crippen LogP contribution >= 0.6 is 22.9 Å². The van der Waals surface area contributed by atoms with Crippen molar-refractivity contribution in [2.75, 3.05) is 5.73 Å². The summed E-state index contributed by atoms with van der Waals surface area (Å²) >= 11 is 6.52. The summed E-state index contributed by atoms with van der Waals surface area (Å²) in [5.41, 5.74) is 6.14. The van der Waals surface area contributed by atoms with Crippen LogP contribution in [0, 0.1) is 17.0 Å². The van der Waals surface area contributed by atoms with E-state index in [2.05, 4.69) is 5.10 Å². The van der Waals surface area contributed by atoms with Crippen molar-refractivity contribution in [3.05, 3.63) is 37.3 Å². The molecule has 0 amide bonds. The lowest BCUT2D eigenvalue weighted by Crippen LogP contribution is -2.13. The van der Waals surface area contributed by atoms with Gasteiger partial charge in [-0.05, 0) is 6.92 Å². The Morgan fingerprint density at radius 3 is 2.78 bits per heavy atom. The molecule has 0 spiro atoms. The third-order valence-electron chi connectivity index (χ3n) is 2.32. The summed E-state index contributed by atoms with van der Waals surface area (Å²) in [5.74, 6) is -0.496. The number of aromatic nitrogens is 2. The first-order valence-corrected chi connectivity index (χ1v) is 5.89. The minimum atomic E-state index is -0.639. The molecule has 18 heavy (non-hydrogen) atoms. The van der Waals surface area contributed by atoms with Gasteiger partial charge in [0, 0.05) is 6.07 Å². The van der Waals surface area contributed by atoms with Crippen molar-refractivity contribution in [3.8, 4) is 0 Å².